The predicted molar refractivity (Wildman–Crippen MR) is 43.8 cm³/mol. The SMILES string of the molecule is CC1=CC[C@@H]2CCC[C@H]2C1. The summed E-state index contributed by atoms with van der Waals surface area (Å²) in [4.78, 5) is 0. The average Bonchev–Trinajstić information content (AvgIpc) is 2.33. The predicted octanol–water partition coefficient (Wildman–Crippen LogP) is 3.14. The van der Waals surface area contributed by atoms with Crippen LogP contribution in [0.3, 0.4) is 0 Å². The number of rotatable bonds is 0. The van der Waals surface area contributed by atoms with E-state index in [2.05, 4.69) is 13.0 Å². The minimum atomic E-state index is 1.07. The van der Waals surface area contributed by atoms with Crippen molar-refractivity contribution in [2.45, 2.75) is 39.0 Å². The summed E-state index contributed by atoms with van der Waals surface area (Å²) in [5.41, 5.74) is 1.64. The van der Waals surface area contributed by atoms with E-state index in [0.717, 1.165) is 11.8 Å². The largest absolute Gasteiger partial charge is 0.0853 e. The van der Waals surface area contributed by atoms with Crippen molar-refractivity contribution in [3.8, 4) is 0 Å². The van der Waals surface area contributed by atoms with Crippen molar-refractivity contribution < 1.29 is 0 Å². The molecule has 0 N–H and O–H groups in total. The molecule has 0 aromatic heterocycles. The molecular formula is C10H16. The molecule has 0 unspecified atom stereocenters. The average molecular weight is 136 g/mol. The molecule has 0 nitrogen and oxygen atoms in total. The molecule has 2 rings (SSSR count). The van der Waals surface area contributed by atoms with Gasteiger partial charge in [0.25, 0.3) is 0 Å². The highest BCUT2D eigenvalue weighted by Gasteiger charge is 2.28. The molecule has 0 aromatic carbocycles. The highest BCUT2D eigenvalue weighted by atomic mass is 14.3. The van der Waals surface area contributed by atoms with Crippen molar-refractivity contribution in [2.75, 3.05) is 0 Å². The molecule has 0 saturated heterocycles. The van der Waals surface area contributed by atoms with E-state index in [-0.39, 0.29) is 0 Å². The number of hydrogen-bond acceptors (Lipinski definition) is 0. The minimum absolute atomic E-state index is 1.07. The first-order valence-corrected chi connectivity index (χ1v) is 4.52. The van der Waals surface area contributed by atoms with Crippen LogP contribution in [0.25, 0.3) is 0 Å². The van der Waals surface area contributed by atoms with Crippen LogP contribution in [0.4, 0.5) is 0 Å². The maximum atomic E-state index is 2.45. The lowest BCUT2D eigenvalue weighted by Crippen LogP contribution is -2.11. The molecule has 0 radical (unpaired) electrons. The van der Waals surface area contributed by atoms with Crippen molar-refractivity contribution in [1.29, 1.82) is 0 Å². The van der Waals surface area contributed by atoms with Crippen LogP contribution < -0.4 is 0 Å². The Kier molecular flexibility index (Phi) is 1.55. The third-order valence-corrected chi connectivity index (χ3v) is 3.17. The van der Waals surface area contributed by atoms with Gasteiger partial charge in [-0.1, -0.05) is 18.1 Å². The quantitative estimate of drug-likeness (QED) is 0.449. The molecule has 0 amide bonds. The second-order valence-corrected chi connectivity index (χ2v) is 3.94. The normalized spacial score (nSPS) is 39.1. The Hall–Kier alpha value is -0.260. The Bertz CT molecular complexity index is 155. The zero-order chi connectivity index (χ0) is 6.97. The van der Waals surface area contributed by atoms with Crippen molar-refractivity contribution in [1.82, 2.24) is 0 Å². The lowest BCUT2D eigenvalue weighted by atomic mass is 9.83. The van der Waals surface area contributed by atoms with E-state index in [9.17, 15) is 0 Å². The standard InChI is InChI=1S/C10H16/c1-8-5-6-9-3-2-4-10(9)7-8/h5,9-10H,2-4,6-7H2,1H3/t9-,10-/m0/s1. The fourth-order valence-electron chi connectivity index (χ4n) is 2.54. The van der Waals surface area contributed by atoms with Gasteiger partial charge in [0.15, 0.2) is 0 Å². The second-order valence-electron chi connectivity index (χ2n) is 3.94. The second kappa shape index (κ2) is 2.41. The van der Waals surface area contributed by atoms with Gasteiger partial charge < -0.3 is 0 Å². The Labute approximate surface area is 63.3 Å². The molecule has 10 heavy (non-hydrogen) atoms. The van der Waals surface area contributed by atoms with Crippen LogP contribution in [0.5, 0.6) is 0 Å². The summed E-state index contributed by atoms with van der Waals surface area (Å²) in [5, 5.41) is 0. The van der Waals surface area contributed by atoms with Crippen LogP contribution in [-0.4, -0.2) is 0 Å². The molecule has 0 bridgehead atoms. The van der Waals surface area contributed by atoms with E-state index in [1.165, 1.54) is 32.1 Å². The fourth-order valence-corrected chi connectivity index (χ4v) is 2.54. The van der Waals surface area contributed by atoms with E-state index in [1.54, 1.807) is 5.57 Å². The molecule has 0 heterocycles. The topological polar surface area (TPSA) is 0 Å². The lowest BCUT2D eigenvalue weighted by molar-refractivity contribution is 0.369. The Balaban J connectivity index is 2.08. The van der Waals surface area contributed by atoms with Gasteiger partial charge in [-0.3, -0.25) is 0 Å². The molecular weight excluding hydrogens is 120 g/mol. The molecule has 1 fully saturated rings. The van der Waals surface area contributed by atoms with Gasteiger partial charge in [-0.2, -0.15) is 0 Å². The van der Waals surface area contributed by atoms with Crippen molar-refractivity contribution in [3.63, 3.8) is 0 Å². The molecule has 0 aromatic rings. The van der Waals surface area contributed by atoms with Crippen LogP contribution >= 0.6 is 0 Å². The van der Waals surface area contributed by atoms with Gasteiger partial charge in [0.2, 0.25) is 0 Å². The van der Waals surface area contributed by atoms with Crippen LogP contribution in [-0.2, 0) is 0 Å². The highest BCUT2D eigenvalue weighted by molar-refractivity contribution is 5.06. The Morgan fingerprint density at radius 2 is 2.10 bits per heavy atom. The zero-order valence-electron chi connectivity index (χ0n) is 6.77. The third-order valence-electron chi connectivity index (χ3n) is 3.17. The monoisotopic (exact) mass is 136 g/mol. The molecule has 0 spiro atoms. The van der Waals surface area contributed by atoms with Crippen molar-refractivity contribution in [3.05, 3.63) is 11.6 Å². The summed E-state index contributed by atoms with van der Waals surface area (Å²) in [5.74, 6) is 2.15. The van der Waals surface area contributed by atoms with Gasteiger partial charge in [0, 0.05) is 0 Å². The van der Waals surface area contributed by atoms with E-state index in [4.69, 9.17) is 0 Å². The molecule has 0 heteroatoms. The zero-order valence-corrected chi connectivity index (χ0v) is 6.77. The van der Waals surface area contributed by atoms with Crippen LogP contribution in [0.15, 0.2) is 11.6 Å². The summed E-state index contributed by atoms with van der Waals surface area (Å²) in [6, 6.07) is 0. The molecule has 0 aliphatic heterocycles. The van der Waals surface area contributed by atoms with E-state index < -0.39 is 0 Å². The summed E-state index contributed by atoms with van der Waals surface area (Å²) in [6.45, 7) is 2.29. The van der Waals surface area contributed by atoms with Crippen LogP contribution in [0.2, 0.25) is 0 Å². The van der Waals surface area contributed by atoms with Gasteiger partial charge in [-0.15, -0.1) is 0 Å². The van der Waals surface area contributed by atoms with Gasteiger partial charge in [0.1, 0.15) is 0 Å². The third kappa shape index (κ3) is 1.00. The summed E-state index contributed by atoms with van der Waals surface area (Å²) in [7, 11) is 0. The van der Waals surface area contributed by atoms with E-state index >= 15 is 0 Å². The number of fused-ring (bicyclic) bond motifs is 1. The van der Waals surface area contributed by atoms with Gasteiger partial charge in [-0.05, 0) is 44.4 Å². The molecule has 2 aliphatic rings. The fraction of sp³-hybridized carbons (Fsp3) is 0.800. The first-order chi connectivity index (χ1) is 4.86. The first-order valence-electron chi connectivity index (χ1n) is 4.52. The molecule has 2 atom stereocenters. The smallest absolute Gasteiger partial charge is 0.0292 e. The summed E-state index contributed by atoms with van der Waals surface area (Å²) >= 11 is 0. The van der Waals surface area contributed by atoms with Gasteiger partial charge in [-0.25, -0.2) is 0 Å². The van der Waals surface area contributed by atoms with Crippen molar-refractivity contribution in [2.24, 2.45) is 11.8 Å². The molecule has 2 aliphatic carbocycles. The first kappa shape index (κ1) is 6.45. The van der Waals surface area contributed by atoms with Crippen molar-refractivity contribution >= 4 is 0 Å². The molecule has 56 valence electrons. The number of hydrogen-bond donors (Lipinski definition) is 0. The molecule has 1 saturated carbocycles. The maximum absolute atomic E-state index is 2.45. The Morgan fingerprint density at radius 3 is 3.00 bits per heavy atom. The van der Waals surface area contributed by atoms with E-state index in [0.29, 0.717) is 0 Å². The number of allylic oxidation sites excluding steroid dienone is 2. The van der Waals surface area contributed by atoms with Gasteiger partial charge in [0.05, 0.1) is 0 Å². The van der Waals surface area contributed by atoms with Gasteiger partial charge >= 0.3 is 0 Å². The Morgan fingerprint density at radius 1 is 1.30 bits per heavy atom. The maximum Gasteiger partial charge on any atom is -0.0292 e. The minimum Gasteiger partial charge on any atom is -0.0853 e. The van der Waals surface area contributed by atoms with Crippen LogP contribution in [0.1, 0.15) is 39.0 Å². The highest BCUT2D eigenvalue weighted by Crippen LogP contribution is 2.41. The summed E-state index contributed by atoms with van der Waals surface area (Å²) in [6.07, 6.45) is 9.76. The lowest BCUT2D eigenvalue weighted by Gasteiger charge is -2.23. The van der Waals surface area contributed by atoms with E-state index in [1.807, 2.05) is 0 Å². The van der Waals surface area contributed by atoms with Crippen LogP contribution in [0, 0.1) is 11.8 Å². The summed E-state index contributed by atoms with van der Waals surface area (Å²) < 4.78 is 0.